The van der Waals surface area contributed by atoms with E-state index in [0.717, 1.165) is 10.2 Å². The minimum atomic E-state index is 0. The van der Waals surface area contributed by atoms with Gasteiger partial charge in [-0.25, -0.2) is 0 Å². The van der Waals surface area contributed by atoms with Crippen LogP contribution in [0, 0.1) is 0 Å². The van der Waals surface area contributed by atoms with Gasteiger partial charge in [0, 0.05) is 6.54 Å². The molecule has 1 heterocycles. The Hall–Kier alpha value is -0.0600. The van der Waals surface area contributed by atoms with Crippen molar-refractivity contribution < 1.29 is 4.52 Å². The number of nitrogens with two attached hydrogens (primary N) is 1. The average Bonchev–Trinajstić information content (AvgIpc) is 2.14. The molecule has 52 valence electrons. The van der Waals surface area contributed by atoms with Gasteiger partial charge in [0.1, 0.15) is 12.0 Å². The number of hydrogen-bond donors (Lipinski definition) is 1. The van der Waals surface area contributed by atoms with E-state index in [9.17, 15) is 0 Å². The van der Waals surface area contributed by atoms with Crippen molar-refractivity contribution in [2.75, 3.05) is 0 Å². The topological polar surface area (TPSA) is 52.0 Å². The fourth-order valence-electron chi connectivity index (χ4n) is 0.383. The highest BCUT2D eigenvalue weighted by atomic mass is 79.9. The first-order valence-corrected chi connectivity index (χ1v) is 2.92. The molecule has 0 saturated carbocycles. The van der Waals surface area contributed by atoms with Crippen LogP contribution in [0.2, 0.25) is 0 Å². The minimum Gasteiger partial charge on any atom is -0.363 e. The van der Waals surface area contributed by atoms with E-state index in [1.54, 1.807) is 0 Å². The van der Waals surface area contributed by atoms with Gasteiger partial charge < -0.3 is 10.3 Å². The Bertz CT molecular complexity index is 179. The summed E-state index contributed by atoms with van der Waals surface area (Å²) in [5, 5.41) is 3.59. The molecule has 0 aliphatic rings. The van der Waals surface area contributed by atoms with Crippen LogP contribution in [-0.4, -0.2) is 5.16 Å². The molecule has 0 bridgehead atoms. The van der Waals surface area contributed by atoms with Crippen molar-refractivity contribution in [2.24, 2.45) is 5.73 Å². The summed E-state index contributed by atoms with van der Waals surface area (Å²) in [5.41, 5.74) is 6.00. The SMILES string of the molecule is Cl.NCc1nocc1Br. The maximum atomic E-state index is 5.24. The number of nitrogens with zero attached hydrogens (tertiary/aromatic N) is 1. The van der Waals surface area contributed by atoms with Gasteiger partial charge in [-0.15, -0.1) is 12.4 Å². The molecular weight excluding hydrogens is 207 g/mol. The lowest BCUT2D eigenvalue weighted by Gasteiger charge is -1.81. The van der Waals surface area contributed by atoms with E-state index in [-0.39, 0.29) is 12.4 Å². The first kappa shape index (κ1) is 8.94. The second kappa shape index (κ2) is 3.87. The first-order valence-electron chi connectivity index (χ1n) is 2.13. The number of hydrogen-bond acceptors (Lipinski definition) is 3. The highest BCUT2D eigenvalue weighted by Gasteiger charge is 1.98. The predicted octanol–water partition coefficient (Wildman–Crippen LogP) is 1.32. The first-order chi connectivity index (χ1) is 3.84. The van der Waals surface area contributed by atoms with Gasteiger partial charge in [0.15, 0.2) is 0 Å². The molecule has 0 aromatic carbocycles. The second-order valence-corrected chi connectivity index (χ2v) is 2.17. The standard InChI is InChI=1S/C4H5BrN2O.ClH/c5-3-2-8-7-4(3)1-6;/h2H,1,6H2;1H. The second-order valence-electron chi connectivity index (χ2n) is 1.31. The van der Waals surface area contributed by atoms with Gasteiger partial charge in [0.25, 0.3) is 0 Å². The van der Waals surface area contributed by atoms with Gasteiger partial charge in [-0.2, -0.15) is 0 Å². The summed E-state index contributed by atoms with van der Waals surface area (Å²) in [7, 11) is 0. The molecule has 9 heavy (non-hydrogen) atoms. The van der Waals surface area contributed by atoms with Gasteiger partial charge in [-0.1, -0.05) is 5.16 Å². The lowest BCUT2D eigenvalue weighted by molar-refractivity contribution is 0.411. The number of rotatable bonds is 1. The van der Waals surface area contributed by atoms with E-state index in [2.05, 4.69) is 25.6 Å². The summed E-state index contributed by atoms with van der Waals surface area (Å²) in [6.45, 7) is 0.414. The van der Waals surface area contributed by atoms with Crippen molar-refractivity contribution in [3.05, 3.63) is 16.4 Å². The van der Waals surface area contributed by atoms with E-state index in [1.807, 2.05) is 0 Å². The zero-order valence-electron chi connectivity index (χ0n) is 4.50. The highest BCUT2D eigenvalue weighted by molar-refractivity contribution is 9.10. The molecule has 0 aliphatic carbocycles. The van der Waals surface area contributed by atoms with Crippen LogP contribution in [0.15, 0.2) is 15.3 Å². The maximum absolute atomic E-state index is 5.24. The Balaban J connectivity index is 0.000000640. The van der Waals surface area contributed by atoms with E-state index >= 15 is 0 Å². The summed E-state index contributed by atoms with van der Waals surface area (Å²) >= 11 is 3.19. The van der Waals surface area contributed by atoms with Gasteiger partial charge in [0.05, 0.1) is 4.47 Å². The number of aromatic nitrogens is 1. The fourth-order valence-corrected chi connectivity index (χ4v) is 0.700. The summed E-state index contributed by atoms with van der Waals surface area (Å²) in [6, 6.07) is 0. The zero-order valence-corrected chi connectivity index (χ0v) is 6.91. The van der Waals surface area contributed by atoms with Gasteiger partial charge in [-0.3, -0.25) is 0 Å². The third-order valence-electron chi connectivity index (χ3n) is 0.788. The lowest BCUT2D eigenvalue weighted by atomic mass is 10.4. The molecule has 3 nitrogen and oxygen atoms in total. The quantitative estimate of drug-likeness (QED) is 0.765. The molecule has 0 amide bonds. The van der Waals surface area contributed by atoms with Crippen molar-refractivity contribution in [2.45, 2.75) is 6.54 Å². The normalized spacial score (nSPS) is 8.67. The Labute approximate surface area is 67.1 Å². The van der Waals surface area contributed by atoms with Crippen LogP contribution < -0.4 is 5.73 Å². The molecule has 1 rings (SSSR count). The molecule has 0 radical (unpaired) electrons. The molecule has 1 aromatic heterocycles. The van der Waals surface area contributed by atoms with Crippen LogP contribution in [0.5, 0.6) is 0 Å². The third-order valence-corrected chi connectivity index (χ3v) is 1.43. The van der Waals surface area contributed by atoms with Crippen LogP contribution in [0.25, 0.3) is 0 Å². The fraction of sp³-hybridized carbons (Fsp3) is 0.250. The molecule has 0 spiro atoms. The van der Waals surface area contributed by atoms with Gasteiger partial charge in [-0.05, 0) is 15.9 Å². The van der Waals surface area contributed by atoms with Crippen molar-refractivity contribution in [3.8, 4) is 0 Å². The molecule has 0 aliphatic heterocycles. The Morgan fingerprint density at radius 3 is 2.67 bits per heavy atom. The molecule has 0 unspecified atom stereocenters. The van der Waals surface area contributed by atoms with Crippen molar-refractivity contribution in [1.82, 2.24) is 5.16 Å². The van der Waals surface area contributed by atoms with Crippen molar-refractivity contribution in [3.63, 3.8) is 0 Å². The van der Waals surface area contributed by atoms with Crippen LogP contribution in [0.1, 0.15) is 5.69 Å². The van der Waals surface area contributed by atoms with E-state index in [1.165, 1.54) is 6.26 Å². The Morgan fingerprint density at radius 2 is 2.44 bits per heavy atom. The summed E-state index contributed by atoms with van der Waals surface area (Å²) in [6.07, 6.45) is 1.50. The monoisotopic (exact) mass is 212 g/mol. The molecular formula is C4H6BrClN2O. The maximum Gasteiger partial charge on any atom is 0.138 e. The third kappa shape index (κ3) is 1.97. The zero-order chi connectivity index (χ0) is 5.98. The molecule has 5 heteroatoms. The van der Waals surface area contributed by atoms with Crippen LogP contribution in [-0.2, 0) is 6.54 Å². The van der Waals surface area contributed by atoms with Gasteiger partial charge in [0.2, 0.25) is 0 Å². The molecule has 0 fully saturated rings. The van der Waals surface area contributed by atoms with E-state index in [4.69, 9.17) is 5.73 Å². The van der Waals surface area contributed by atoms with Crippen LogP contribution >= 0.6 is 28.3 Å². The largest absolute Gasteiger partial charge is 0.363 e. The summed E-state index contributed by atoms with van der Waals surface area (Å²) in [4.78, 5) is 0. The minimum absolute atomic E-state index is 0. The Kier molecular flexibility index (Phi) is 3.84. The lowest BCUT2D eigenvalue weighted by Crippen LogP contribution is -1.96. The Morgan fingerprint density at radius 1 is 1.78 bits per heavy atom. The number of halogens is 2. The highest BCUT2D eigenvalue weighted by Crippen LogP contribution is 2.12. The molecule has 0 atom stereocenters. The van der Waals surface area contributed by atoms with Crippen LogP contribution in [0.4, 0.5) is 0 Å². The van der Waals surface area contributed by atoms with E-state index < -0.39 is 0 Å². The average molecular weight is 213 g/mol. The summed E-state index contributed by atoms with van der Waals surface area (Å²) in [5.74, 6) is 0. The van der Waals surface area contributed by atoms with Crippen molar-refractivity contribution >= 4 is 28.3 Å². The molecule has 0 saturated heterocycles. The summed E-state index contributed by atoms with van der Waals surface area (Å²) < 4.78 is 5.39. The molecule has 2 N–H and O–H groups in total. The smallest absolute Gasteiger partial charge is 0.138 e. The van der Waals surface area contributed by atoms with Crippen molar-refractivity contribution in [1.29, 1.82) is 0 Å². The van der Waals surface area contributed by atoms with Crippen LogP contribution in [0.3, 0.4) is 0 Å². The van der Waals surface area contributed by atoms with E-state index in [0.29, 0.717) is 6.54 Å². The molecule has 1 aromatic rings. The van der Waals surface area contributed by atoms with Gasteiger partial charge >= 0.3 is 0 Å². The predicted molar refractivity (Wildman–Crippen MR) is 39.3 cm³/mol.